The third-order valence-electron chi connectivity index (χ3n) is 2.81. The van der Waals surface area contributed by atoms with Gasteiger partial charge in [-0.05, 0) is 25.0 Å². The minimum atomic E-state index is 0.693. The van der Waals surface area contributed by atoms with Crippen molar-refractivity contribution in [2.24, 2.45) is 0 Å². The number of benzene rings is 1. The van der Waals surface area contributed by atoms with Gasteiger partial charge in [-0.15, -0.1) is 6.58 Å². The fourth-order valence-corrected chi connectivity index (χ4v) is 2.14. The molecule has 0 aliphatic carbocycles. The van der Waals surface area contributed by atoms with Gasteiger partial charge in [-0.25, -0.2) is 0 Å². The lowest BCUT2D eigenvalue weighted by Crippen LogP contribution is -1.95. The third-order valence-corrected chi connectivity index (χ3v) is 3.04. The maximum Gasteiger partial charge on any atom is 0.152 e. The molecule has 2 rings (SSSR count). The first-order valence-corrected chi connectivity index (χ1v) is 5.98. The average molecular weight is 248 g/mol. The smallest absolute Gasteiger partial charge is 0.152 e. The fourth-order valence-electron chi connectivity index (χ4n) is 1.98. The summed E-state index contributed by atoms with van der Waals surface area (Å²) < 4.78 is 2.08. The van der Waals surface area contributed by atoms with Gasteiger partial charge in [0.1, 0.15) is 0 Å². The van der Waals surface area contributed by atoms with Gasteiger partial charge in [-0.3, -0.25) is 4.79 Å². The van der Waals surface area contributed by atoms with Gasteiger partial charge in [0.2, 0.25) is 0 Å². The van der Waals surface area contributed by atoms with Crippen molar-refractivity contribution in [1.82, 2.24) is 4.57 Å². The molecule has 0 radical (unpaired) electrons. The first kappa shape index (κ1) is 11.9. The van der Waals surface area contributed by atoms with Crippen molar-refractivity contribution in [3.05, 3.63) is 47.6 Å². The minimum absolute atomic E-state index is 0.693. The van der Waals surface area contributed by atoms with Gasteiger partial charge in [0.05, 0.1) is 5.52 Å². The van der Waals surface area contributed by atoms with Crippen molar-refractivity contribution in [3.63, 3.8) is 0 Å². The molecule has 0 N–H and O–H groups in total. The Labute approximate surface area is 105 Å². The summed E-state index contributed by atoms with van der Waals surface area (Å²) in [6.07, 6.45) is 6.66. The quantitative estimate of drug-likeness (QED) is 0.443. The highest BCUT2D eigenvalue weighted by molar-refractivity contribution is 6.31. The van der Waals surface area contributed by atoms with Crippen LogP contribution >= 0.6 is 11.6 Å². The second-order valence-corrected chi connectivity index (χ2v) is 4.42. The van der Waals surface area contributed by atoms with E-state index >= 15 is 0 Å². The number of allylic oxidation sites excluding steroid dienone is 1. The van der Waals surface area contributed by atoms with Crippen molar-refractivity contribution in [1.29, 1.82) is 0 Å². The molecule has 0 saturated carbocycles. The second kappa shape index (κ2) is 5.19. The lowest BCUT2D eigenvalue weighted by atomic mass is 10.2. The van der Waals surface area contributed by atoms with Crippen molar-refractivity contribution >= 4 is 28.8 Å². The number of fused-ring (bicyclic) bond motifs is 1. The number of hydrogen-bond donors (Lipinski definition) is 0. The predicted octanol–water partition coefficient (Wildman–Crippen LogP) is 4.07. The summed E-state index contributed by atoms with van der Waals surface area (Å²) in [5.41, 5.74) is 1.74. The number of aromatic nitrogens is 1. The molecule has 1 heterocycles. The van der Waals surface area contributed by atoms with Crippen LogP contribution in [-0.2, 0) is 6.54 Å². The molecule has 3 heteroatoms. The fraction of sp³-hybridized carbons (Fsp3) is 0.214. The zero-order chi connectivity index (χ0) is 12.3. The number of carbonyl (C=O) groups excluding carboxylic acids is 1. The summed E-state index contributed by atoms with van der Waals surface area (Å²) in [4.78, 5) is 11.0. The summed E-state index contributed by atoms with van der Waals surface area (Å²) >= 11 is 5.99. The summed E-state index contributed by atoms with van der Waals surface area (Å²) in [7, 11) is 0. The zero-order valence-corrected chi connectivity index (χ0v) is 10.3. The zero-order valence-electron chi connectivity index (χ0n) is 9.53. The van der Waals surface area contributed by atoms with Crippen LogP contribution in [0.2, 0.25) is 5.02 Å². The van der Waals surface area contributed by atoms with E-state index in [1.807, 2.05) is 30.5 Å². The summed E-state index contributed by atoms with van der Waals surface area (Å²) in [6, 6.07) is 5.61. The second-order valence-electron chi connectivity index (χ2n) is 3.99. The van der Waals surface area contributed by atoms with Crippen LogP contribution in [-0.4, -0.2) is 10.9 Å². The van der Waals surface area contributed by atoms with Gasteiger partial charge in [-0.1, -0.05) is 23.7 Å². The normalized spacial score (nSPS) is 10.6. The van der Waals surface area contributed by atoms with Crippen LogP contribution in [0.4, 0.5) is 0 Å². The van der Waals surface area contributed by atoms with Crippen LogP contribution in [0.15, 0.2) is 37.1 Å². The molecule has 0 unspecified atom stereocenters. The number of carbonyl (C=O) groups is 1. The van der Waals surface area contributed by atoms with E-state index in [0.717, 1.165) is 42.1 Å². The molecule has 2 aromatic rings. The van der Waals surface area contributed by atoms with Gasteiger partial charge in [-0.2, -0.15) is 0 Å². The molecule has 1 aromatic carbocycles. The Kier molecular flexibility index (Phi) is 3.64. The Morgan fingerprint density at radius 3 is 2.94 bits per heavy atom. The van der Waals surface area contributed by atoms with E-state index in [4.69, 9.17) is 11.6 Å². The molecule has 0 fully saturated rings. The first-order chi connectivity index (χ1) is 8.26. The Balaban J connectivity index is 2.43. The molecule has 0 aliphatic rings. The van der Waals surface area contributed by atoms with Crippen LogP contribution in [0.3, 0.4) is 0 Å². The summed E-state index contributed by atoms with van der Waals surface area (Å²) in [6.45, 7) is 4.57. The maximum absolute atomic E-state index is 11.0. The van der Waals surface area contributed by atoms with Crippen LogP contribution in [0.5, 0.6) is 0 Å². The van der Waals surface area contributed by atoms with E-state index in [9.17, 15) is 4.79 Å². The highest BCUT2D eigenvalue weighted by atomic mass is 35.5. The molecule has 17 heavy (non-hydrogen) atoms. The number of hydrogen-bond acceptors (Lipinski definition) is 1. The lowest BCUT2D eigenvalue weighted by Gasteiger charge is -2.03. The number of nitrogens with zero attached hydrogens (tertiary/aromatic N) is 1. The topological polar surface area (TPSA) is 22.0 Å². The Morgan fingerprint density at radius 1 is 1.41 bits per heavy atom. The summed E-state index contributed by atoms with van der Waals surface area (Å²) in [5, 5.41) is 1.65. The van der Waals surface area contributed by atoms with Crippen LogP contribution < -0.4 is 0 Å². The van der Waals surface area contributed by atoms with E-state index in [1.54, 1.807) is 0 Å². The standard InChI is InChI=1S/C14H14ClNO/c1-2-3-4-7-16-9-11(10-17)13-6-5-12(15)8-14(13)16/h2,5-6,8-10H,1,3-4,7H2. The monoisotopic (exact) mass is 247 g/mol. The number of aryl methyl sites for hydroxylation is 1. The molecule has 0 bridgehead atoms. The Morgan fingerprint density at radius 2 is 2.24 bits per heavy atom. The SMILES string of the molecule is C=CCCCn1cc(C=O)c2ccc(Cl)cc21. The molecule has 1 aromatic heterocycles. The Hall–Kier alpha value is -1.54. The molecule has 0 aliphatic heterocycles. The first-order valence-electron chi connectivity index (χ1n) is 5.60. The van der Waals surface area contributed by atoms with Gasteiger partial charge in [0.15, 0.2) is 6.29 Å². The van der Waals surface area contributed by atoms with Crippen LogP contribution in [0.1, 0.15) is 23.2 Å². The Bertz CT molecular complexity index is 557. The molecular formula is C14H14ClNO. The van der Waals surface area contributed by atoms with Crippen molar-refractivity contribution in [2.75, 3.05) is 0 Å². The minimum Gasteiger partial charge on any atom is -0.347 e. The molecule has 0 spiro atoms. The van der Waals surface area contributed by atoms with Gasteiger partial charge in [0.25, 0.3) is 0 Å². The molecular weight excluding hydrogens is 234 g/mol. The van der Waals surface area contributed by atoms with Gasteiger partial charge in [0, 0.05) is 28.7 Å². The largest absolute Gasteiger partial charge is 0.347 e. The van der Waals surface area contributed by atoms with Gasteiger partial charge >= 0.3 is 0 Å². The van der Waals surface area contributed by atoms with Crippen LogP contribution in [0, 0.1) is 0 Å². The van der Waals surface area contributed by atoms with E-state index < -0.39 is 0 Å². The molecule has 88 valence electrons. The molecule has 0 amide bonds. The van der Waals surface area contributed by atoms with E-state index in [1.165, 1.54) is 0 Å². The number of unbranched alkanes of at least 4 members (excludes halogenated alkanes) is 1. The predicted molar refractivity (Wildman–Crippen MR) is 71.8 cm³/mol. The van der Waals surface area contributed by atoms with E-state index in [2.05, 4.69) is 11.1 Å². The van der Waals surface area contributed by atoms with Crippen molar-refractivity contribution in [3.8, 4) is 0 Å². The number of rotatable bonds is 5. The lowest BCUT2D eigenvalue weighted by molar-refractivity contribution is 0.112. The third kappa shape index (κ3) is 2.42. The highest BCUT2D eigenvalue weighted by Gasteiger charge is 2.07. The number of halogens is 1. The maximum atomic E-state index is 11.0. The molecule has 0 atom stereocenters. The van der Waals surface area contributed by atoms with E-state index in [-0.39, 0.29) is 0 Å². The highest BCUT2D eigenvalue weighted by Crippen LogP contribution is 2.24. The van der Waals surface area contributed by atoms with Gasteiger partial charge < -0.3 is 4.57 Å². The van der Waals surface area contributed by atoms with Crippen LogP contribution in [0.25, 0.3) is 10.9 Å². The molecule has 0 saturated heterocycles. The molecule has 2 nitrogen and oxygen atoms in total. The van der Waals surface area contributed by atoms with E-state index in [0.29, 0.717) is 5.02 Å². The summed E-state index contributed by atoms with van der Waals surface area (Å²) in [5.74, 6) is 0. The number of aldehydes is 1. The van der Waals surface area contributed by atoms with Crippen molar-refractivity contribution < 1.29 is 4.79 Å². The van der Waals surface area contributed by atoms with Crippen molar-refractivity contribution in [2.45, 2.75) is 19.4 Å². The average Bonchev–Trinajstić information content (AvgIpc) is 2.67.